The highest BCUT2D eigenvalue weighted by Crippen LogP contribution is 2.35. The summed E-state index contributed by atoms with van der Waals surface area (Å²) in [5, 5.41) is 15.4. The van der Waals surface area contributed by atoms with Gasteiger partial charge in [0.2, 0.25) is 5.82 Å². The van der Waals surface area contributed by atoms with Crippen molar-refractivity contribution >= 4 is 11.8 Å². The number of aromatic amines is 2. The molecule has 0 radical (unpaired) electrons. The van der Waals surface area contributed by atoms with E-state index in [1.807, 2.05) is 6.92 Å². The van der Waals surface area contributed by atoms with E-state index in [2.05, 4.69) is 15.2 Å². The Bertz CT molecular complexity index is 593. The largest absolute Gasteiger partial charge is 0.479 e. The van der Waals surface area contributed by atoms with Crippen molar-refractivity contribution in [3.05, 3.63) is 20.8 Å². The number of nitrogens with zero attached hydrogens (tertiary/aromatic N) is 2. The summed E-state index contributed by atoms with van der Waals surface area (Å²) < 4.78 is 0. The van der Waals surface area contributed by atoms with Gasteiger partial charge in [-0.3, -0.25) is 9.78 Å². The molecule has 1 saturated heterocycles. The molecule has 1 atom stereocenters. The first-order valence-electron chi connectivity index (χ1n) is 6.21. The fourth-order valence-electron chi connectivity index (χ4n) is 2.71. The van der Waals surface area contributed by atoms with Gasteiger partial charge in [0.1, 0.15) is 5.54 Å². The maximum Gasteiger partial charge on any atom is 0.342 e. The smallest absolute Gasteiger partial charge is 0.342 e. The van der Waals surface area contributed by atoms with Gasteiger partial charge in [-0.25, -0.2) is 14.7 Å². The molecular formula is C11H16N4O4. The summed E-state index contributed by atoms with van der Waals surface area (Å²) in [5.74, 6) is -0.993. The molecule has 0 aromatic carbocycles. The van der Waals surface area contributed by atoms with Crippen molar-refractivity contribution in [2.45, 2.75) is 38.1 Å². The van der Waals surface area contributed by atoms with Crippen LogP contribution in [-0.2, 0) is 4.79 Å². The molecule has 19 heavy (non-hydrogen) atoms. The SMILES string of the molecule is CCCC1(C(=O)O)CCCN1c1n[nH]c(=O)[nH]c1=O. The Morgan fingerprint density at radius 1 is 1.53 bits per heavy atom. The number of carbonyl (C=O) groups is 1. The Hall–Kier alpha value is -2.12. The van der Waals surface area contributed by atoms with Gasteiger partial charge in [-0.15, -0.1) is 5.10 Å². The number of nitrogens with one attached hydrogen (secondary N) is 2. The molecular weight excluding hydrogens is 252 g/mol. The van der Waals surface area contributed by atoms with Gasteiger partial charge < -0.3 is 10.0 Å². The van der Waals surface area contributed by atoms with E-state index < -0.39 is 22.8 Å². The van der Waals surface area contributed by atoms with E-state index in [1.165, 1.54) is 4.90 Å². The zero-order chi connectivity index (χ0) is 14.0. The summed E-state index contributed by atoms with van der Waals surface area (Å²) in [7, 11) is 0. The third kappa shape index (κ3) is 2.13. The van der Waals surface area contributed by atoms with Crippen molar-refractivity contribution < 1.29 is 9.90 Å². The molecule has 1 aliphatic heterocycles. The Kier molecular flexibility index (Phi) is 3.41. The fraction of sp³-hybridized carbons (Fsp3) is 0.636. The molecule has 1 unspecified atom stereocenters. The molecule has 0 aliphatic carbocycles. The van der Waals surface area contributed by atoms with E-state index in [0.717, 1.165) is 0 Å². The van der Waals surface area contributed by atoms with Crippen LogP contribution < -0.4 is 16.1 Å². The number of carboxylic acid groups (broad SMARTS) is 1. The van der Waals surface area contributed by atoms with Gasteiger partial charge in [0.25, 0.3) is 5.56 Å². The number of hydrogen-bond donors (Lipinski definition) is 3. The standard InChI is InChI=1S/C11H16N4O4/c1-2-4-11(9(17)18)5-3-6-15(11)7-8(16)12-10(19)14-13-7/h2-6H2,1H3,(H,17,18)(H2,12,14,16,19). The third-order valence-electron chi connectivity index (χ3n) is 3.50. The summed E-state index contributed by atoms with van der Waals surface area (Å²) in [6.07, 6.45) is 2.26. The van der Waals surface area contributed by atoms with Crippen molar-refractivity contribution in [3.63, 3.8) is 0 Å². The van der Waals surface area contributed by atoms with Crippen LogP contribution in [0.4, 0.5) is 5.82 Å². The quantitative estimate of drug-likeness (QED) is 0.688. The van der Waals surface area contributed by atoms with Crippen LogP contribution in [0.3, 0.4) is 0 Å². The number of aliphatic carboxylic acids is 1. The van der Waals surface area contributed by atoms with Gasteiger partial charge >= 0.3 is 11.7 Å². The van der Waals surface area contributed by atoms with Crippen LogP contribution in [0.5, 0.6) is 0 Å². The van der Waals surface area contributed by atoms with Gasteiger partial charge in [0.15, 0.2) is 0 Å². The number of aromatic nitrogens is 3. The molecule has 1 fully saturated rings. The minimum absolute atomic E-state index is 0.0343. The van der Waals surface area contributed by atoms with Crippen molar-refractivity contribution in [1.29, 1.82) is 0 Å². The molecule has 8 heteroatoms. The van der Waals surface area contributed by atoms with Crippen LogP contribution in [0.25, 0.3) is 0 Å². The molecule has 0 saturated carbocycles. The molecule has 8 nitrogen and oxygen atoms in total. The van der Waals surface area contributed by atoms with Gasteiger partial charge in [-0.1, -0.05) is 13.3 Å². The van der Waals surface area contributed by atoms with Crippen molar-refractivity contribution in [3.8, 4) is 0 Å². The van der Waals surface area contributed by atoms with Crippen molar-refractivity contribution in [2.75, 3.05) is 11.4 Å². The summed E-state index contributed by atoms with van der Waals surface area (Å²) in [5.41, 5.74) is -2.47. The topological polar surface area (TPSA) is 119 Å². The number of rotatable bonds is 4. The minimum atomic E-state index is -1.10. The first-order chi connectivity index (χ1) is 9.01. The van der Waals surface area contributed by atoms with E-state index in [4.69, 9.17) is 0 Å². The normalized spacial score (nSPS) is 22.7. The van der Waals surface area contributed by atoms with Gasteiger partial charge in [0.05, 0.1) is 0 Å². The maximum atomic E-state index is 11.8. The second-order valence-electron chi connectivity index (χ2n) is 4.67. The van der Waals surface area contributed by atoms with Gasteiger partial charge in [-0.2, -0.15) is 0 Å². The van der Waals surface area contributed by atoms with Crippen molar-refractivity contribution in [1.82, 2.24) is 15.2 Å². The Balaban J connectivity index is 2.50. The zero-order valence-corrected chi connectivity index (χ0v) is 10.6. The highest BCUT2D eigenvalue weighted by atomic mass is 16.4. The average Bonchev–Trinajstić information content (AvgIpc) is 2.74. The molecule has 0 spiro atoms. The first-order valence-corrected chi connectivity index (χ1v) is 6.21. The van der Waals surface area contributed by atoms with Crippen LogP contribution >= 0.6 is 0 Å². The van der Waals surface area contributed by atoms with E-state index in [0.29, 0.717) is 32.2 Å². The van der Waals surface area contributed by atoms with Crippen LogP contribution in [0.15, 0.2) is 9.59 Å². The molecule has 1 aliphatic rings. The van der Waals surface area contributed by atoms with Gasteiger partial charge in [-0.05, 0) is 19.3 Å². The van der Waals surface area contributed by atoms with Crippen LogP contribution in [0, 0.1) is 0 Å². The predicted molar refractivity (Wildman–Crippen MR) is 67.3 cm³/mol. The lowest BCUT2D eigenvalue weighted by molar-refractivity contribution is -0.143. The number of anilines is 1. The predicted octanol–water partition coefficient (Wildman–Crippen LogP) is -0.318. The minimum Gasteiger partial charge on any atom is -0.479 e. The summed E-state index contributed by atoms with van der Waals surface area (Å²) >= 11 is 0. The zero-order valence-electron chi connectivity index (χ0n) is 10.6. The third-order valence-corrected chi connectivity index (χ3v) is 3.50. The molecule has 1 aromatic rings. The molecule has 0 bridgehead atoms. The average molecular weight is 268 g/mol. The van der Waals surface area contributed by atoms with Gasteiger partial charge in [0, 0.05) is 6.54 Å². The van der Waals surface area contributed by atoms with Crippen LogP contribution in [0.2, 0.25) is 0 Å². The summed E-state index contributed by atoms with van der Waals surface area (Å²) in [6, 6.07) is 0. The molecule has 1 aromatic heterocycles. The molecule has 2 heterocycles. The Morgan fingerprint density at radius 2 is 2.26 bits per heavy atom. The van der Waals surface area contributed by atoms with E-state index in [-0.39, 0.29) is 5.82 Å². The lowest BCUT2D eigenvalue weighted by Crippen LogP contribution is -2.53. The van der Waals surface area contributed by atoms with Crippen molar-refractivity contribution in [2.24, 2.45) is 0 Å². The fourth-order valence-corrected chi connectivity index (χ4v) is 2.71. The van der Waals surface area contributed by atoms with Crippen LogP contribution in [-0.4, -0.2) is 38.3 Å². The Morgan fingerprint density at radius 3 is 2.84 bits per heavy atom. The van der Waals surface area contributed by atoms with E-state index in [9.17, 15) is 19.5 Å². The molecule has 0 amide bonds. The molecule has 104 valence electrons. The first kappa shape index (κ1) is 13.3. The summed E-state index contributed by atoms with van der Waals surface area (Å²) in [4.78, 5) is 37.9. The number of hydrogen-bond acceptors (Lipinski definition) is 5. The number of carboxylic acids is 1. The monoisotopic (exact) mass is 268 g/mol. The van der Waals surface area contributed by atoms with Crippen LogP contribution in [0.1, 0.15) is 32.6 Å². The lowest BCUT2D eigenvalue weighted by Gasteiger charge is -2.34. The van der Waals surface area contributed by atoms with E-state index >= 15 is 0 Å². The second kappa shape index (κ2) is 4.87. The summed E-state index contributed by atoms with van der Waals surface area (Å²) in [6.45, 7) is 2.33. The number of H-pyrrole nitrogens is 2. The second-order valence-corrected chi connectivity index (χ2v) is 4.67. The van der Waals surface area contributed by atoms with E-state index in [1.54, 1.807) is 0 Å². The highest BCUT2D eigenvalue weighted by Gasteiger charge is 2.48. The molecule has 2 rings (SSSR count). The maximum absolute atomic E-state index is 11.8. The Labute approximate surface area is 108 Å². The molecule has 3 N–H and O–H groups in total. The lowest BCUT2D eigenvalue weighted by atomic mass is 9.91. The highest BCUT2D eigenvalue weighted by molar-refractivity contribution is 5.83.